The van der Waals surface area contributed by atoms with E-state index < -0.39 is 5.92 Å². The van der Waals surface area contributed by atoms with Crippen LogP contribution in [0.5, 0.6) is 11.5 Å². The number of carbonyl (C=O) groups excluding carboxylic acids is 2. The van der Waals surface area contributed by atoms with Crippen LogP contribution in [0.25, 0.3) is 0 Å². The van der Waals surface area contributed by atoms with Crippen LogP contribution >= 0.6 is 0 Å². The van der Waals surface area contributed by atoms with Gasteiger partial charge in [-0.25, -0.2) is 4.90 Å². The van der Waals surface area contributed by atoms with Gasteiger partial charge >= 0.3 is 0 Å². The first-order valence-electron chi connectivity index (χ1n) is 9.46. The number of ether oxygens (including phenoxy) is 2. The van der Waals surface area contributed by atoms with Crippen molar-refractivity contribution < 1.29 is 24.0 Å². The van der Waals surface area contributed by atoms with Gasteiger partial charge in [0.2, 0.25) is 5.91 Å². The van der Waals surface area contributed by atoms with Gasteiger partial charge < -0.3 is 14.4 Å². The van der Waals surface area contributed by atoms with Crippen LogP contribution in [0.15, 0.2) is 47.5 Å². The van der Waals surface area contributed by atoms with Crippen LogP contribution in [0.3, 0.4) is 0 Å². The second kappa shape index (κ2) is 8.87. The van der Waals surface area contributed by atoms with Gasteiger partial charge in [-0.3, -0.25) is 14.6 Å². The normalized spacial score (nSPS) is 16.4. The van der Waals surface area contributed by atoms with Gasteiger partial charge in [0.15, 0.2) is 11.5 Å². The maximum Gasteiger partial charge on any atom is 0.265 e. The molecular formula is C22H26N3O4+. The van der Waals surface area contributed by atoms with Crippen molar-refractivity contribution in [3.63, 3.8) is 0 Å². The van der Waals surface area contributed by atoms with E-state index in [-0.39, 0.29) is 11.8 Å². The zero-order chi connectivity index (χ0) is 21.0. The third kappa shape index (κ3) is 4.14. The van der Waals surface area contributed by atoms with Crippen LogP contribution in [-0.2, 0) is 4.79 Å². The first kappa shape index (κ1) is 20.5. The third-order valence-corrected chi connectivity index (χ3v) is 4.84. The van der Waals surface area contributed by atoms with Crippen molar-refractivity contribution in [2.75, 3.05) is 46.3 Å². The Morgan fingerprint density at radius 3 is 2.48 bits per heavy atom. The van der Waals surface area contributed by atoms with Crippen LogP contribution in [0.2, 0.25) is 0 Å². The highest BCUT2D eigenvalue weighted by atomic mass is 16.5. The summed E-state index contributed by atoms with van der Waals surface area (Å²) >= 11 is 0. The molecule has 2 aromatic carbocycles. The fraction of sp³-hybridized carbons (Fsp3) is 0.318. The van der Waals surface area contributed by atoms with E-state index >= 15 is 0 Å². The van der Waals surface area contributed by atoms with Gasteiger partial charge in [0.25, 0.3) is 5.91 Å². The number of hydrogen-bond acceptors (Lipinski definition) is 5. The molecule has 7 nitrogen and oxygen atoms in total. The molecule has 0 bridgehead atoms. The SMILES string of the molecule is COc1ccc(N2C(=O)c3ccccc3C(C=NCC[NH+](C)C)C2=O)cc1OC. The summed E-state index contributed by atoms with van der Waals surface area (Å²) in [7, 11) is 7.15. The Morgan fingerprint density at radius 2 is 1.79 bits per heavy atom. The number of benzene rings is 2. The number of hydrogen-bond donors (Lipinski definition) is 1. The molecule has 0 fully saturated rings. The molecule has 0 spiro atoms. The molecule has 0 saturated heterocycles. The minimum Gasteiger partial charge on any atom is -0.493 e. The highest BCUT2D eigenvalue weighted by Gasteiger charge is 2.39. The van der Waals surface area contributed by atoms with Crippen LogP contribution in [0.4, 0.5) is 5.69 Å². The minimum absolute atomic E-state index is 0.332. The van der Waals surface area contributed by atoms with Gasteiger partial charge in [-0.05, 0) is 23.8 Å². The zero-order valence-corrected chi connectivity index (χ0v) is 17.1. The van der Waals surface area contributed by atoms with Gasteiger partial charge in [-0.2, -0.15) is 0 Å². The minimum atomic E-state index is -0.617. The number of carbonyl (C=O) groups is 2. The number of nitrogens with zero attached hydrogens (tertiary/aromatic N) is 2. The molecule has 1 aliphatic heterocycles. The number of amides is 2. The standard InChI is InChI=1S/C22H25N3O4/c1-24(2)12-11-23-14-18-16-7-5-6-8-17(16)21(26)25(22(18)27)15-9-10-19(28-3)20(13-15)29-4/h5-10,13-14,18H,11-12H2,1-4H3/p+1. The number of imide groups is 1. The molecule has 2 aromatic rings. The first-order chi connectivity index (χ1) is 14.0. The lowest BCUT2D eigenvalue weighted by Gasteiger charge is -2.31. The Hall–Kier alpha value is -3.19. The molecule has 7 heteroatoms. The number of likely N-dealkylation sites (N-methyl/N-ethyl adjacent to an activating group) is 1. The maximum atomic E-state index is 13.3. The number of quaternary nitrogens is 1. The average Bonchev–Trinajstić information content (AvgIpc) is 2.72. The number of fused-ring (bicyclic) bond motifs is 1. The lowest BCUT2D eigenvalue weighted by atomic mass is 9.89. The van der Waals surface area contributed by atoms with Crippen molar-refractivity contribution in [2.24, 2.45) is 4.99 Å². The van der Waals surface area contributed by atoms with Gasteiger partial charge in [0.1, 0.15) is 0 Å². The summed E-state index contributed by atoms with van der Waals surface area (Å²) in [6.07, 6.45) is 1.66. The fourth-order valence-electron chi connectivity index (χ4n) is 3.28. The third-order valence-electron chi connectivity index (χ3n) is 4.84. The smallest absolute Gasteiger partial charge is 0.265 e. The van der Waals surface area contributed by atoms with Crippen LogP contribution < -0.4 is 19.3 Å². The molecule has 1 N–H and O–H groups in total. The molecule has 0 saturated carbocycles. The van der Waals surface area contributed by atoms with E-state index in [1.54, 1.807) is 36.5 Å². The topological polar surface area (TPSA) is 72.6 Å². The molecular weight excluding hydrogens is 370 g/mol. The Labute approximate surface area is 170 Å². The van der Waals surface area contributed by atoms with Crippen molar-refractivity contribution >= 4 is 23.7 Å². The van der Waals surface area contributed by atoms with Crippen LogP contribution in [0, 0.1) is 0 Å². The molecule has 1 aliphatic rings. The molecule has 1 atom stereocenters. The van der Waals surface area contributed by atoms with E-state index in [1.807, 2.05) is 26.2 Å². The highest BCUT2D eigenvalue weighted by Crippen LogP contribution is 2.36. The molecule has 2 amide bonds. The van der Waals surface area contributed by atoms with E-state index in [0.29, 0.717) is 34.9 Å². The predicted octanol–water partition coefficient (Wildman–Crippen LogP) is 1.19. The lowest BCUT2D eigenvalue weighted by Crippen LogP contribution is -3.06. The monoisotopic (exact) mass is 396 g/mol. The van der Waals surface area contributed by atoms with Crippen LogP contribution in [-0.4, -0.2) is 59.4 Å². The van der Waals surface area contributed by atoms with E-state index in [4.69, 9.17) is 9.47 Å². The summed E-state index contributed by atoms with van der Waals surface area (Å²) in [5, 5.41) is 0. The Kier molecular flexibility index (Phi) is 6.29. The van der Waals surface area contributed by atoms with E-state index in [9.17, 15) is 9.59 Å². The molecule has 152 valence electrons. The van der Waals surface area contributed by atoms with E-state index in [1.165, 1.54) is 24.0 Å². The Morgan fingerprint density at radius 1 is 1.07 bits per heavy atom. The molecule has 0 aliphatic carbocycles. The van der Waals surface area contributed by atoms with Crippen molar-refractivity contribution in [3.05, 3.63) is 53.6 Å². The summed E-state index contributed by atoms with van der Waals surface area (Å²) in [5.41, 5.74) is 1.61. The molecule has 0 radical (unpaired) electrons. The van der Waals surface area contributed by atoms with E-state index in [2.05, 4.69) is 4.99 Å². The van der Waals surface area contributed by atoms with Crippen LogP contribution in [0.1, 0.15) is 21.8 Å². The number of nitrogens with one attached hydrogen (secondary N) is 1. The highest BCUT2D eigenvalue weighted by molar-refractivity contribution is 6.29. The summed E-state index contributed by atoms with van der Waals surface area (Å²) in [5.74, 6) is -0.335. The predicted molar refractivity (Wildman–Crippen MR) is 112 cm³/mol. The van der Waals surface area contributed by atoms with Gasteiger partial charge in [0.05, 0.1) is 53.0 Å². The van der Waals surface area contributed by atoms with Crippen molar-refractivity contribution in [2.45, 2.75) is 5.92 Å². The van der Waals surface area contributed by atoms with Crippen molar-refractivity contribution in [1.29, 1.82) is 0 Å². The van der Waals surface area contributed by atoms with Gasteiger partial charge in [-0.1, -0.05) is 18.2 Å². The summed E-state index contributed by atoms with van der Waals surface area (Å²) in [6.45, 7) is 1.47. The summed E-state index contributed by atoms with van der Waals surface area (Å²) < 4.78 is 10.6. The van der Waals surface area contributed by atoms with Crippen molar-refractivity contribution in [3.8, 4) is 11.5 Å². The molecule has 0 aromatic heterocycles. The quantitative estimate of drug-likeness (QED) is 0.564. The molecule has 29 heavy (non-hydrogen) atoms. The maximum absolute atomic E-state index is 13.3. The molecule has 1 unspecified atom stereocenters. The lowest BCUT2D eigenvalue weighted by molar-refractivity contribution is -0.856. The number of anilines is 1. The number of aliphatic imine (C=N–C) groups is 1. The second-order valence-corrected chi connectivity index (χ2v) is 7.10. The molecule has 1 heterocycles. The zero-order valence-electron chi connectivity index (χ0n) is 17.1. The Bertz CT molecular complexity index is 939. The average molecular weight is 396 g/mol. The molecule has 3 rings (SSSR count). The number of rotatable bonds is 7. The van der Waals surface area contributed by atoms with E-state index in [0.717, 1.165) is 6.54 Å². The number of methoxy groups -OCH3 is 2. The largest absolute Gasteiger partial charge is 0.493 e. The summed E-state index contributed by atoms with van der Waals surface area (Å²) in [6, 6.07) is 12.2. The summed E-state index contributed by atoms with van der Waals surface area (Å²) in [4.78, 5) is 33.4. The Balaban J connectivity index is 2.01. The van der Waals surface area contributed by atoms with Gasteiger partial charge in [-0.15, -0.1) is 0 Å². The van der Waals surface area contributed by atoms with Crippen molar-refractivity contribution in [1.82, 2.24) is 0 Å². The second-order valence-electron chi connectivity index (χ2n) is 7.10. The van der Waals surface area contributed by atoms with Gasteiger partial charge in [0, 0.05) is 17.8 Å². The fourth-order valence-corrected chi connectivity index (χ4v) is 3.28. The first-order valence-corrected chi connectivity index (χ1v) is 9.46.